The van der Waals surface area contributed by atoms with Gasteiger partial charge in [0.15, 0.2) is 6.61 Å². The minimum Gasteiger partial charge on any atom is -0.484 e. The molecule has 1 N–H and O–H groups in total. The second-order valence-electron chi connectivity index (χ2n) is 6.75. The zero-order valence-electron chi connectivity index (χ0n) is 16.5. The molecule has 0 spiro atoms. The van der Waals surface area contributed by atoms with Crippen molar-refractivity contribution in [2.45, 2.75) is 40.2 Å². The summed E-state index contributed by atoms with van der Waals surface area (Å²) in [6.07, 6.45) is 0. The lowest BCUT2D eigenvalue weighted by Crippen LogP contribution is -2.28. The molecule has 0 aromatic heterocycles. The SMILES string of the molecule is CCN(Cc1ccccc1NC(=O)COc1cccc(C(C)C)c1)C(C)=O. The molecule has 0 bridgehead atoms. The van der Waals surface area contributed by atoms with Crippen molar-refractivity contribution in [3.05, 3.63) is 59.7 Å². The van der Waals surface area contributed by atoms with Crippen LogP contribution in [0, 0.1) is 0 Å². The first-order valence-electron chi connectivity index (χ1n) is 9.26. The molecule has 0 aliphatic carbocycles. The molecule has 0 radical (unpaired) electrons. The second-order valence-corrected chi connectivity index (χ2v) is 6.75. The number of hydrogen-bond donors (Lipinski definition) is 1. The summed E-state index contributed by atoms with van der Waals surface area (Å²) in [4.78, 5) is 25.7. The molecule has 0 atom stereocenters. The molecule has 5 heteroatoms. The Morgan fingerprint density at radius 1 is 1.11 bits per heavy atom. The smallest absolute Gasteiger partial charge is 0.262 e. The summed E-state index contributed by atoms with van der Waals surface area (Å²) < 4.78 is 5.63. The van der Waals surface area contributed by atoms with Crippen molar-refractivity contribution < 1.29 is 14.3 Å². The van der Waals surface area contributed by atoms with Crippen molar-refractivity contribution in [3.8, 4) is 5.75 Å². The maximum absolute atomic E-state index is 12.3. The molecule has 2 rings (SSSR count). The molecular formula is C22H28N2O3. The third-order valence-corrected chi connectivity index (χ3v) is 4.37. The average Bonchev–Trinajstić information content (AvgIpc) is 2.65. The van der Waals surface area contributed by atoms with E-state index in [9.17, 15) is 9.59 Å². The van der Waals surface area contributed by atoms with E-state index in [-0.39, 0.29) is 18.4 Å². The van der Waals surface area contributed by atoms with Crippen LogP contribution in [-0.2, 0) is 16.1 Å². The number of hydrogen-bond acceptors (Lipinski definition) is 3. The van der Waals surface area contributed by atoms with E-state index >= 15 is 0 Å². The number of anilines is 1. The maximum atomic E-state index is 12.3. The molecule has 0 unspecified atom stereocenters. The van der Waals surface area contributed by atoms with Gasteiger partial charge in [-0.25, -0.2) is 0 Å². The molecule has 2 aromatic rings. The van der Waals surface area contributed by atoms with Crippen LogP contribution in [0.1, 0.15) is 44.7 Å². The zero-order chi connectivity index (χ0) is 19.8. The van der Waals surface area contributed by atoms with E-state index < -0.39 is 0 Å². The van der Waals surface area contributed by atoms with Gasteiger partial charge in [-0.3, -0.25) is 9.59 Å². The Hall–Kier alpha value is -2.82. The van der Waals surface area contributed by atoms with Gasteiger partial charge in [0, 0.05) is 25.7 Å². The van der Waals surface area contributed by atoms with Gasteiger partial charge >= 0.3 is 0 Å². The van der Waals surface area contributed by atoms with Crippen LogP contribution >= 0.6 is 0 Å². The third kappa shape index (κ3) is 6.13. The summed E-state index contributed by atoms with van der Waals surface area (Å²) in [5, 5.41) is 2.88. The lowest BCUT2D eigenvalue weighted by Gasteiger charge is -2.21. The van der Waals surface area contributed by atoms with Crippen LogP contribution in [0.25, 0.3) is 0 Å². The number of carbonyl (C=O) groups excluding carboxylic acids is 2. The highest BCUT2D eigenvalue weighted by atomic mass is 16.5. The van der Waals surface area contributed by atoms with E-state index in [0.717, 1.165) is 5.56 Å². The first-order chi connectivity index (χ1) is 12.9. The summed E-state index contributed by atoms with van der Waals surface area (Å²) in [5.74, 6) is 0.852. The van der Waals surface area contributed by atoms with E-state index in [4.69, 9.17) is 4.74 Å². The number of benzene rings is 2. The molecule has 2 amide bonds. The van der Waals surface area contributed by atoms with Crippen molar-refractivity contribution in [3.63, 3.8) is 0 Å². The van der Waals surface area contributed by atoms with Crippen molar-refractivity contribution in [1.82, 2.24) is 4.90 Å². The molecule has 0 heterocycles. The number of carbonyl (C=O) groups is 2. The highest BCUT2D eigenvalue weighted by Gasteiger charge is 2.12. The molecule has 5 nitrogen and oxygen atoms in total. The molecule has 0 aliphatic heterocycles. The monoisotopic (exact) mass is 368 g/mol. The van der Waals surface area contributed by atoms with Gasteiger partial charge in [0.25, 0.3) is 5.91 Å². The van der Waals surface area contributed by atoms with Crippen molar-refractivity contribution in [1.29, 1.82) is 0 Å². The Morgan fingerprint density at radius 2 is 1.85 bits per heavy atom. The Balaban J connectivity index is 2.00. The Labute approximate surface area is 161 Å². The van der Waals surface area contributed by atoms with E-state index in [0.29, 0.717) is 30.4 Å². The Bertz CT molecular complexity index is 787. The van der Waals surface area contributed by atoms with Crippen molar-refractivity contribution in [2.75, 3.05) is 18.5 Å². The molecule has 0 saturated carbocycles. The number of para-hydroxylation sites is 1. The zero-order valence-corrected chi connectivity index (χ0v) is 16.5. The number of nitrogens with one attached hydrogen (secondary N) is 1. The Kier molecular flexibility index (Phi) is 7.41. The van der Waals surface area contributed by atoms with Crippen LogP contribution in [0.4, 0.5) is 5.69 Å². The highest BCUT2D eigenvalue weighted by Crippen LogP contribution is 2.21. The fraction of sp³-hybridized carbons (Fsp3) is 0.364. The summed E-state index contributed by atoms with van der Waals surface area (Å²) in [6, 6.07) is 15.3. The van der Waals surface area contributed by atoms with E-state index in [1.807, 2.05) is 55.5 Å². The predicted octanol–water partition coefficient (Wildman–Crippen LogP) is 4.20. The van der Waals surface area contributed by atoms with Crippen LogP contribution in [0.15, 0.2) is 48.5 Å². The first-order valence-corrected chi connectivity index (χ1v) is 9.26. The average molecular weight is 368 g/mol. The van der Waals surface area contributed by atoms with Crippen molar-refractivity contribution >= 4 is 17.5 Å². The molecule has 0 saturated heterocycles. The van der Waals surface area contributed by atoms with E-state index in [2.05, 4.69) is 19.2 Å². The van der Waals surface area contributed by atoms with Gasteiger partial charge < -0.3 is 15.0 Å². The fourth-order valence-corrected chi connectivity index (χ4v) is 2.73. The van der Waals surface area contributed by atoms with Crippen LogP contribution in [0.5, 0.6) is 5.75 Å². The molecule has 144 valence electrons. The fourth-order valence-electron chi connectivity index (χ4n) is 2.73. The third-order valence-electron chi connectivity index (χ3n) is 4.37. The van der Waals surface area contributed by atoms with E-state index in [1.165, 1.54) is 5.56 Å². The van der Waals surface area contributed by atoms with Crippen LogP contribution in [0.2, 0.25) is 0 Å². The second kappa shape index (κ2) is 9.76. The van der Waals surface area contributed by atoms with Crippen molar-refractivity contribution in [2.24, 2.45) is 0 Å². The molecule has 2 aromatic carbocycles. The van der Waals surface area contributed by atoms with Gasteiger partial charge in [-0.15, -0.1) is 0 Å². The highest BCUT2D eigenvalue weighted by molar-refractivity contribution is 5.92. The minimum absolute atomic E-state index is 0.00648. The maximum Gasteiger partial charge on any atom is 0.262 e. The van der Waals surface area contributed by atoms with Gasteiger partial charge in [-0.1, -0.05) is 44.2 Å². The summed E-state index contributed by atoms with van der Waals surface area (Å²) in [6.45, 7) is 8.71. The van der Waals surface area contributed by atoms with Gasteiger partial charge in [-0.05, 0) is 42.2 Å². The standard InChI is InChI=1S/C22H28N2O3/c1-5-24(17(4)25)14-19-9-6-7-12-21(19)23-22(26)15-27-20-11-8-10-18(13-20)16(2)3/h6-13,16H,5,14-15H2,1-4H3,(H,23,26). The normalized spacial score (nSPS) is 10.6. The van der Waals surface area contributed by atoms with Crippen LogP contribution in [0.3, 0.4) is 0 Å². The minimum atomic E-state index is -0.233. The van der Waals surface area contributed by atoms with Crippen LogP contribution < -0.4 is 10.1 Å². The molecular weight excluding hydrogens is 340 g/mol. The quantitative estimate of drug-likeness (QED) is 0.760. The number of ether oxygens (including phenoxy) is 1. The summed E-state index contributed by atoms with van der Waals surface area (Å²) in [5.41, 5.74) is 2.76. The lowest BCUT2D eigenvalue weighted by molar-refractivity contribution is -0.129. The summed E-state index contributed by atoms with van der Waals surface area (Å²) >= 11 is 0. The Morgan fingerprint density at radius 3 is 2.52 bits per heavy atom. The number of rotatable bonds is 8. The molecule has 27 heavy (non-hydrogen) atoms. The topological polar surface area (TPSA) is 58.6 Å². The largest absolute Gasteiger partial charge is 0.484 e. The number of amides is 2. The summed E-state index contributed by atoms with van der Waals surface area (Å²) in [7, 11) is 0. The van der Waals surface area contributed by atoms with Gasteiger partial charge in [0.05, 0.1) is 0 Å². The number of nitrogens with zero attached hydrogens (tertiary/aromatic N) is 1. The van der Waals surface area contributed by atoms with Gasteiger partial charge in [-0.2, -0.15) is 0 Å². The lowest BCUT2D eigenvalue weighted by atomic mass is 10.0. The molecule has 0 fully saturated rings. The van der Waals surface area contributed by atoms with Gasteiger partial charge in [0.1, 0.15) is 5.75 Å². The van der Waals surface area contributed by atoms with Gasteiger partial charge in [0.2, 0.25) is 5.91 Å². The van der Waals surface area contributed by atoms with Crippen LogP contribution in [-0.4, -0.2) is 29.9 Å². The first kappa shape index (κ1) is 20.5. The van der Waals surface area contributed by atoms with E-state index in [1.54, 1.807) is 11.8 Å². The predicted molar refractivity (Wildman–Crippen MR) is 108 cm³/mol. The molecule has 0 aliphatic rings.